The highest BCUT2D eigenvalue weighted by molar-refractivity contribution is 7.89. The van der Waals surface area contributed by atoms with E-state index in [1.165, 1.54) is 11.1 Å². The first-order valence-corrected chi connectivity index (χ1v) is 9.73. The summed E-state index contributed by atoms with van der Waals surface area (Å²) in [5, 5.41) is 0. The highest BCUT2D eigenvalue weighted by Crippen LogP contribution is 2.43. The summed E-state index contributed by atoms with van der Waals surface area (Å²) in [5.74, 6) is 0.126. The van der Waals surface area contributed by atoms with Crippen LogP contribution in [0.3, 0.4) is 0 Å². The minimum absolute atomic E-state index is 0.0112. The van der Waals surface area contributed by atoms with Crippen LogP contribution < -0.4 is 0 Å². The topological polar surface area (TPSA) is 17.1 Å². The largest absolute Gasteiger partial charge is 0.249 e. The molecule has 24 heavy (non-hydrogen) atoms. The minimum atomic E-state index is -1.15. The minimum Gasteiger partial charge on any atom is -0.249 e. The normalized spacial score (nSPS) is 15.1. The van der Waals surface area contributed by atoms with Crippen LogP contribution in [0.15, 0.2) is 70.5 Å². The average Bonchev–Trinajstić information content (AvgIpc) is 2.54. The number of hydrogen-bond donors (Lipinski definition) is 0. The molecule has 0 fully saturated rings. The van der Waals surface area contributed by atoms with E-state index in [1.54, 1.807) is 0 Å². The van der Waals surface area contributed by atoms with Gasteiger partial charge in [0.25, 0.3) is 0 Å². The van der Waals surface area contributed by atoms with Gasteiger partial charge in [0, 0.05) is 15.7 Å². The number of hydrogen-bond acceptors (Lipinski definition) is 1. The molecule has 0 radical (unpaired) electrons. The first-order chi connectivity index (χ1) is 11.3. The van der Waals surface area contributed by atoms with Crippen LogP contribution in [0, 0.1) is 12.3 Å². The van der Waals surface area contributed by atoms with E-state index >= 15 is 0 Å². The Morgan fingerprint density at radius 2 is 1.62 bits per heavy atom. The first kappa shape index (κ1) is 18.7. The number of aryl methyl sites for hydroxylation is 1. The third-order valence-electron chi connectivity index (χ3n) is 4.14. The van der Waals surface area contributed by atoms with Crippen LogP contribution >= 0.6 is 0 Å². The molecular formula is C22H28OS. The second-order valence-corrected chi connectivity index (χ2v) is 8.79. The fraction of sp³-hybridized carbons (Fsp3) is 0.364. The predicted octanol–water partition coefficient (Wildman–Crippen LogP) is 6.23. The van der Waals surface area contributed by atoms with E-state index in [2.05, 4.69) is 65.0 Å². The molecule has 2 heteroatoms. The molecule has 1 nitrogen and oxygen atoms in total. The zero-order chi connectivity index (χ0) is 17.7. The van der Waals surface area contributed by atoms with Crippen molar-refractivity contribution in [2.45, 2.75) is 51.9 Å². The third-order valence-corrected chi connectivity index (χ3v) is 5.67. The van der Waals surface area contributed by atoms with Gasteiger partial charge in [0.2, 0.25) is 0 Å². The molecule has 2 aromatic carbocycles. The number of rotatable bonds is 5. The molecule has 0 spiro atoms. The summed E-state index contributed by atoms with van der Waals surface area (Å²) >= 11 is 0. The molecule has 2 aromatic rings. The van der Waals surface area contributed by atoms with Gasteiger partial charge in [-0.15, -0.1) is 0 Å². The summed E-state index contributed by atoms with van der Waals surface area (Å²) < 4.78 is 13.4. The Balaban J connectivity index is 2.52. The predicted molar refractivity (Wildman–Crippen MR) is 105 cm³/mol. The maximum Gasteiger partial charge on any atom is 0.0811 e. The van der Waals surface area contributed by atoms with Crippen molar-refractivity contribution in [1.29, 1.82) is 0 Å². The molecule has 0 aliphatic carbocycles. The van der Waals surface area contributed by atoms with Crippen molar-refractivity contribution in [2.75, 3.05) is 0 Å². The van der Waals surface area contributed by atoms with E-state index < -0.39 is 10.8 Å². The van der Waals surface area contributed by atoms with Gasteiger partial charge in [0.15, 0.2) is 0 Å². The summed E-state index contributed by atoms with van der Waals surface area (Å²) in [4.78, 5) is 1.89. The lowest BCUT2D eigenvalue weighted by Gasteiger charge is -2.33. The van der Waals surface area contributed by atoms with E-state index in [0.29, 0.717) is 0 Å². The SMILES string of the molecule is CC/C=C(/[C@H](c1ccccc1)C(C)(C)C)[S@@](=O)c1ccc(C)cc1. The highest BCUT2D eigenvalue weighted by atomic mass is 32.2. The van der Waals surface area contributed by atoms with Crippen molar-refractivity contribution in [1.82, 2.24) is 0 Å². The third kappa shape index (κ3) is 4.45. The summed E-state index contributed by atoms with van der Waals surface area (Å²) in [7, 11) is -1.15. The maximum atomic E-state index is 13.4. The Labute approximate surface area is 149 Å². The van der Waals surface area contributed by atoms with Crippen molar-refractivity contribution in [3.05, 3.63) is 76.7 Å². The summed E-state index contributed by atoms with van der Waals surface area (Å²) in [6.45, 7) is 10.8. The molecule has 0 amide bonds. The lowest BCUT2D eigenvalue weighted by atomic mass is 9.76. The smallest absolute Gasteiger partial charge is 0.0811 e. The molecule has 0 aromatic heterocycles. The Kier molecular flexibility index (Phi) is 6.17. The van der Waals surface area contributed by atoms with E-state index in [4.69, 9.17) is 0 Å². The molecule has 2 atom stereocenters. The van der Waals surface area contributed by atoms with Gasteiger partial charge in [-0.05, 0) is 36.5 Å². The fourth-order valence-electron chi connectivity index (χ4n) is 3.04. The van der Waals surface area contributed by atoms with Gasteiger partial charge in [0.1, 0.15) is 0 Å². The van der Waals surface area contributed by atoms with Crippen molar-refractivity contribution < 1.29 is 4.21 Å². The van der Waals surface area contributed by atoms with Crippen molar-refractivity contribution in [2.24, 2.45) is 5.41 Å². The van der Waals surface area contributed by atoms with Gasteiger partial charge >= 0.3 is 0 Å². The molecule has 128 valence electrons. The average molecular weight is 341 g/mol. The van der Waals surface area contributed by atoms with Gasteiger partial charge in [-0.3, -0.25) is 0 Å². The van der Waals surface area contributed by atoms with E-state index in [1.807, 2.05) is 30.3 Å². The second-order valence-electron chi connectivity index (χ2n) is 7.31. The molecule has 0 aliphatic heterocycles. The van der Waals surface area contributed by atoms with E-state index in [9.17, 15) is 4.21 Å². The van der Waals surface area contributed by atoms with Crippen molar-refractivity contribution in [3.63, 3.8) is 0 Å². The first-order valence-electron chi connectivity index (χ1n) is 8.58. The zero-order valence-electron chi connectivity index (χ0n) is 15.4. The van der Waals surface area contributed by atoms with Crippen LogP contribution in [0.5, 0.6) is 0 Å². The van der Waals surface area contributed by atoms with Crippen LogP contribution in [-0.2, 0) is 10.8 Å². The maximum absolute atomic E-state index is 13.4. The Morgan fingerprint density at radius 3 is 2.12 bits per heavy atom. The van der Waals surface area contributed by atoms with Crippen LogP contribution in [0.4, 0.5) is 0 Å². The number of allylic oxidation sites excluding steroid dienone is 2. The molecule has 0 saturated carbocycles. The second kappa shape index (κ2) is 7.94. The monoisotopic (exact) mass is 340 g/mol. The lowest BCUT2D eigenvalue weighted by Crippen LogP contribution is -2.23. The van der Waals surface area contributed by atoms with E-state index in [-0.39, 0.29) is 11.3 Å². The zero-order valence-corrected chi connectivity index (χ0v) is 16.2. The molecule has 0 N–H and O–H groups in total. The summed E-state index contributed by atoms with van der Waals surface area (Å²) in [6.07, 6.45) is 3.03. The molecular weight excluding hydrogens is 312 g/mol. The van der Waals surface area contributed by atoms with Crippen molar-refractivity contribution in [3.8, 4) is 0 Å². The standard InChI is InChI=1S/C22H28OS/c1-6-10-20(24(23)19-15-13-17(2)14-16-19)21(22(3,4)5)18-11-8-7-9-12-18/h7-16,21H,6H2,1-5H3/b20-10-/t21-,24-/m0/s1. The Morgan fingerprint density at radius 1 is 1.04 bits per heavy atom. The molecule has 0 saturated heterocycles. The van der Waals surface area contributed by atoms with Crippen LogP contribution in [0.1, 0.15) is 51.2 Å². The molecule has 2 rings (SSSR count). The highest BCUT2D eigenvalue weighted by Gasteiger charge is 2.32. The summed E-state index contributed by atoms with van der Waals surface area (Å²) in [5.41, 5.74) is 2.40. The number of benzene rings is 2. The Hall–Kier alpha value is -1.67. The van der Waals surface area contributed by atoms with Gasteiger partial charge < -0.3 is 0 Å². The Bertz CT molecular complexity index is 706. The fourth-order valence-corrected chi connectivity index (χ4v) is 4.71. The quantitative estimate of drug-likeness (QED) is 0.631. The van der Waals surface area contributed by atoms with Crippen LogP contribution in [-0.4, -0.2) is 4.21 Å². The summed E-state index contributed by atoms with van der Waals surface area (Å²) in [6, 6.07) is 18.5. The van der Waals surface area contributed by atoms with Gasteiger partial charge in [0.05, 0.1) is 10.8 Å². The van der Waals surface area contributed by atoms with E-state index in [0.717, 1.165) is 16.2 Å². The molecule has 0 bridgehead atoms. The lowest BCUT2D eigenvalue weighted by molar-refractivity contribution is 0.361. The van der Waals surface area contributed by atoms with Crippen LogP contribution in [0.2, 0.25) is 0 Å². The molecule has 0 aliphatic rings. The van der Waals surface area contributed by atoms with Gasteiger partial charge in [-0.25, -0.2) is 4.21 Å². The molecule has 0 unspecified atom stereocenters. The van der Waals surface area contributed by atoms with Crippen molar-refractivity contribution >= 4 is 10.8 Å². The molecule has 0 heterocycles. The van der Waals surface area contributed by atoms with Crippen LogP contribution in [0.25, 0.3) is 0 Å². The van der Waals surface area contributed by atoms with Gasteiger partial charge in [-0.2, -0.15) is 0 Å². The van der Waals surface area contributed by atoms with Gasteiger partial charge in [-0.1, -0.05) is 81.8 Å².